The Kier molecular flexibility index (Phi) is 13.2. The molecule has 4 rings (SSSR count). The summed E-state index contributed by atoms with van der Waals surface area (Å²) in [6.07, 6.45) is -3.46. The van der Waals surface area contributed by atoms with E-state index in [9.17, 15) is 31.2 Å². The third-order valence-corrected chi connectivity index (χ3v) is 10.7. The lowest BCUT2D eigenvalue weighted by Gasteiger charge is -2.34. The first kappa shape index (κ1) is 39.0. The number of alkyl halides is 3. The minimum atomic E-state index is -4.93. The van der Waals surface area contributed by atoms with Gasteiger partial charge in [0.15, 0.2) is 0 Å². The number of aryl methyl sites for hydroxylation is 1. The molecule has 0 aliphatic carbocycles. The largest absolute Gasteiger partial charge is 0.417 e. The lowest BCUT2D eigenvalue weighted by atomic mass is 10.0. The second kappa shape index (κ2) is 17.0. The van der Waals surface area contributed by atoms with Gasteiger partial charge in [0.25, 0.3) is 10.0 Å². The maximum Gasteiger partial charge on any atom is 0.417 e. The molecule has 50 heavy (non-hydrogen) atoms. The molecule has 4 aromatic carbocycles. The Balaban J connectivity index is 1.88. The predicted octanol–water partition coefficient (Wildman–Crippen LogP) is 8.73. The van der Waals surface area contributed by atoms with Gasteiger partial charge in [-0.15, -0.1) is 0 Å². The summed E-state index contributed by atoms with van der Waals surface area (Å²) >= 11 is 18.9. The number of nitrogens with zero attached hydrogens (tertiary/aromatic N) is 2. The van der Waals surface area contributed by atoms with E-state index < -0.39 is 56.9 Å². The molecule has 0 spiro atoms. The highest BCUT2D eigenvalue weighted by Gasteiger charge is 2.38. The van der Waals surface area contributed by atoms with Crippen molar-refractivity contribution in [2.45, 2.75) is 56.8 Å². The summed E-state index contributed by atoms with van der Waals surface area (Å²) in [5.41, 5.74) is -0.0214. The molecule has 0 fully saturated rings. The molecule has 0 saturated heterocycles. The molecule has 0 saturated carbocycles. The number of rotatable bonds is 14. The van der Waals surface area contributed by atoms with Crippen molar-refractivity contribution >= 4 is 62.3 Å². The third kappa shape index (κ3) is 9.72. The van der Waals surface area contributed by atoms with Gasteiger partial charge >= 0.3 is 6.18 Å². The first-order valence-electron chi connectivity index (χ1n) is 15.6. The summed E-state index contributed by atoms with van der Waals surface area (Å²) in [6, 6.07) is 20.6. The Morgan fingerprint density at radius 3 is 2.10 bits per heavy atom. The summed E-state index contributed by atoms with van der Waals surface area (Å²) in [6.45, 7) is 2.71. The molecular weight excluding hydrogens is 734 g/mol. The highest BCUT2D eigenvalue weighted by Crippen LogP contribution is 2.38. The number of halogens is 6. The van der Waals surface area contributed by atoms with Crippen molar-refractivity contribution in [3.8, 4) is 0 Å². The van der Waals surface area contributed by atoms with Crippen LogP contribution in [0, 0.1) is 6.92 Å². The number of anilines is 1. The van der Waals surface area contributed by atoms with Gasteiger partial charge in [-0.2, -0.15) is 13.2 Å². The van der Waals surface area contributed by atoms with Crippen molar-refractivity contribution in [1.29, 1.82) is 0 Å². The van der Waals surface area contributed by atoms with Crippen molar-refractivity contribution in [2.24, 2.45) is 0 Å². The van der Waals surface area contributed by atoms with Gasteiger partial charge in [0.2, 0.25) is 11.8 Å². The molecule has 0 bridgehead atoms. The third-order valence-electron chi connectivity index (χ3n) is 7.92. The van der Waals surface area contributed by atoms with Crippen molar-refractivity contribution < 1.29 is 31.2 Å². The fourth-order valence-corrected chi connectivity index (χ4v) is 7.31. The highest BCUT2D eigenvalue weighted by molar-refractivity contribution is 7.92. The lowest BCUT2D eigenvalue weighted by molar-refractivity contribution is -0.140. The van der Waals surface area contributed by atoms with E-state index in [0.717, 1.165) is 24.1 Å². The van der Waals surface area contributed by atoms with Crippen LogP contribution in [-0.4, -0.2) is 44.3 Å². The molecule has 0 aliphatic rings. The summed E-state index contributed by atoms with van der Waals surface area (Å²) in [7, 11) is -4.66. The number of unbranched alkanes of at least 4 members (excludes halogenated alkanes) is 1. The van der Waals surface area contributed by atoms with Crippen LogP contribution in [0.2, 0.25) is 15.1 Å². The number of carbonyl (C=O) groups excluding carboxylic acids is 2. The quantitative estimate of drug-likeness (QED) is 0.130. The monoisotopic (exact) mass is 767 g/mol. The van der Waals surface area contributed by atoms with Gasteiger partial charge in [-0.3, -0.25) is 13.9 Å². The minimum absolute atomic E-state index is 0.0243. The van der Waals surface area contributed by atoms with Crippen molar-refractivity contribution in [3.63, 3.8) is 0 Å². The van der Waals surface area contributed by atoms with Crippen LogP contribution in [0.25, 0.3) is 0 Å². The highest BCUT2D eigenvalue weighted by atomic mass is 35.5. The van der Waals surface area contributed by atoms with Crippen LogP contribution in [0.15, 0.2) is 95.9 Å². The Bertz CT molecular complexity index is 1890. The maximum absolute atomic E-state index is 14.6. The zero-order valence-corrected chi connectivity index (χ0v) is 30.3. The van der Waals surface area contributed by atoms with Crippen molar-refractivity contribution in [1.82, 2.24) is 10.2 Å². The van der Waals surface area contributed by atoms with E-state index in [2.05, 4.69) is 5.32 Å². The average Bonchev–Trinajstić information content (AvgIpc) is 3.06. The summed E-state index contributed by atoms with van der Waals surface area (Å²) in [5, 5.41) is 2.59. The van der Waals surface area contributed by atoms with Crippen LogP contribution in [0.1, 0.15) is 42.0 Å². The van der Waals surface area contributed by atoms with E-state index in [4.69, 9.17) is 34.8 Å². The number of amides is 2. The van der Waals surface area contributed by atoms with Crippen LogP contribution in [-0.2, 0) is 38.8 Å². The molecule has 0 aromatic heterocycles. The number of sulfonamides is 1. The van der Waals surface area contributed by atoms with Crippen LogP contribution in [0.5, 0.6) is 0 Å². The van der Waals surface area contributed by atoms with Crippen molar-refractivity contribution in [3.05, 3.63) is 128 Å². The van der Waals surface area contributed by atoms with Crippen LogP contribution in [0.4, 0.5) is 18.9 Å². The number of nitrogens with one attached hydrogen (secondary N) is 1. The molecule has 4 aromatic rings. The zero-order valence-electron chi connectivity index (χ0n) is 27.2. The average molecular weight is 769 g/mol. The van der Waals surface area contributed by atoms with Gasteiger partial charge in [-0.25, -0.2) is 8.42 Å². The Hall–Kier alpha value is -3.77. The van der Waals surface area contributed by atoms with Gasteiger partial charge in [0.05, 0.1) is 21.2 Å². The number of hydrogen-bond acceptors (Lipinski definition) is 4. The van der Waals surface area contributed by atoms with E-state index in [-0.39, 0.29) is 27.9 Å². The molecule has 0 heterocycles. The summed E-state index contributed by atoms with van der Waals surface area (Å²) < 4.78 is 71.0. The van der Waals surface area contributed by atoms with Crippen molar-refractivity contribution in [2.75, 3.05) is 17.4 Å². The SMILES string of the molecule is CCCCNC(=O)[C@H](Cc1ccccc1)N(Cc1c(Cl)cccc1Cl)C(=O)CN(c1ccc(Cl)c(C(F)(F)F)c1)S(=O)(=O)c1ccc(C)cc1. The molecule has 14 heteroatoms. The fourth-order valence-electron chi connectivity index (χ4n) is 5.17. The minimum Gasteiger partial charge on any atom is -0.354 e. The number of carbonyl (C=O) groups is 2. The molecule has 1 atom stereocenters. The van der Waals surface area contributed by atoms with Crippen LogP contribution in [0.3, 0.4) is 0 Å². The summed E-state index contributed by atoms with van der Waals surface area (Å²) in [5.74, 6) is -1.41. The second-order valence-corrected chi connectivity index (χ2v) is 14.6. The Morgan fingerprint density at radius 1 is 0.860 bits per heavy atom. The molecule has 2 amide bonds. The smallest absolute Gasteiger partial charge is 0.354 e. The predicted molar refractivity (Wildman–Crippen MR) is 191 cm³/mol. The molecular formula is C36H35Cl3F3N3O4S. The van der Waals surface area contributed by atoms with Gasteiger partial charge in [0.1, 0.15) is 12.6 Å². The molecule has 0 unspecified atom stereocenters. The molecule has 266 valence electrons. The van der Waals surface area contributed by atoms with Gasteiger partial charge in [-0.1, -0.05) is 102 Å². The van der Waals surface area contributed by atoms with Crippen LogP contribution < -0.4 is 9.62 Å². The molecule has 0 radical (unpaired) electrons. The Labute approximate surface area is 305 Å². The van der Waals surface area contributed by atoms with Gasteiger partial charge in [-0.05, 0) is 61.4 Å². The number of benzene rings is 4. The van der Waals surface area contributed by atoms with Crippen LogP contribution >= 0.6 is 34.8 Å². The first-order valence-corrected chi connectivity index (χ1v) is 18.2. The van der Waals surface area contributed by atoms with E-state index in [0.29, 0.717) is 34.5 Å². The lowest BCUT2D eigenvalue weighted by Crippen LogP contribution is -2.53. The molecule has 7 nitrogen and oxygen atoms in total. The fraction of sp³-hybridized carbons (Fsp3) is 0.278. The summed E-state index contributed by atoms with van der Waals surface area (Å²) in [4.78, 5) is 29.4. The van der Waals surface area contributed by atoms with Gasteiger partial charge in [0, 0.05) is 35.1 Å². The number of hydrogen-bond donors (Lipinski definition) is 1. The van der Waals surface area contributed by atoms with E-state index in [1.54, 1.807) is 55.5 Å². The maximum atomic E-state index is 14.6. The zero-order chi connectivity index (χ0) is 36.6. The second-order valence-electron chi connectivity index (χ2n) is 11.6. The Morgan fingerprint density at radius 2 is 1.50 bits per heavy atom. The van der Waals surface area contributed by atoms with E-state index in [1.165, 1.54) is 29.2 Å². The standard InChI is InChI=1S/C36H35Cl3F3N3O4S/c1-3-4-19-43-35(47)33(20-25-9-6-5-7-10-25)44(22-28-30(37)11-8-12-31(28)38)34(46)23-45(50(48,49)27-16-13-24(2)14-17-27)26-15-18-32(39)29(21-26)36(40,41)42/h5-18,21,33H,3-4,19-20,22-23H2,1-2H3,(H,43,47)/t33-/m0/s1. The first-order chi connectivity index (χ1) is 23.6. The van der Waals surface area contributed by atoms with Gasteiger partial charge < -0.3 is 10.2 Å². The van der Waals surface area contributed by atoms with E-state index >= 15 is 0 Å². The van der Waals surface area contributed by atoms with E-state index in [1.807, 2.05) is 6.92 Å². The normalized spacial score (nSPS) is 12.3. The topological polar surface area (TPSA) is 86.8 Å². The molecule has 1 N–H and O–H groups in total. The molecule has 0 aliphatic heterocycles.